The second-order valence-electron chi connectivity index (χ2n) is 5.44. The van der Waals surface area contributed by atoms with Crippen LogP contribution in [0.3, 0.4) is 0 Å². The minimum atomic E-state index is -4.59. The molecule has 0 aliphatic carbocycles. The summed E-state index contributed by atoms with van der Waals surface area (Å²) in [5.41, 5.74) is 1.58. The smallest absolute Gasteiger partial charge is 0.311 e. The summed E-state index contributed by atoms with van der Waals surface area (Å²) in [7, 11) is 0. The van der Waals surface area contributed by atoms with Crippen LogP contribution < -0.4 is 5.32 Å². The number of aromatic amines is 1. The molecule has 118 valence electrons. The summed E-state index contributed by atoms with van der Waals surface area (Å²) in [5, 5.41) is 10.2. The lowest BCUT2D eigenvalue weighted by molar-refractivity contribution is -0.138. The van der Waals surface area contributed by atoms with E-state index < -0.39 is 23.5 Å². The van der Waals surface area contributed by atoms with Gasteiger partial charge in [-0.1, -0.05) is 13.0 Å². The second kappa shape index (κ2) is 5.39. The fourth-order valence-electron chi connectivity index (χ4n) is 2.93. The number of hydrogen-bond donors (Lipinski definition) is 2. The first-order chi connectivity index (χ1) is 10.4. The third-order valence-electron chi connectivity index (χ3n) is 4.04. The molecule has 1 atom stereocenters. The van der Waals surface area contributed by atoms with Crippen LogP contribution in [0.1, 0.15) is 40.9 Å². The zero-order valence-corrected chi connectivity index (χ0v) is 11.9. The number of halogens is 4. The summed E-state index contributed by atoms with van der Waals surface area (Å²) in [6.45, 7) is 3.06. The van der Waals surface area contributed by atoms with Gasteiger partial charge in [0.15, 0.2) is 0 Å². The molecule has 0 saturated carbocycles. The molecule has 0 saturated heterocycles. The Kier molecular flexibility index (Phi) is 3.68. The summed E-state index contributed by atoms with van der Waals surface area (Å²) in [4.78, 5) is 0. The highest BCUT2D eigenvalue weighted by Crippen LogP contribution is 2.38. The van der Waals surface area contributed by atoms with Crippen LogP contribution in [0.4, 0.5) is 17.6 Å². The monoisotopic (exact) mass is 313 g/mol. The van der Waals surface area contributed by atoms with Gasteiger partial charge in [-0.25, -0.2) is 4.39 Å². The van der Waals surface area contributed by atoms with Crippen molar-refractivity contribution in [2.75, 3.05) is 6.54 Å². The molecule has 2 heterocycles. The number of nitrogens with zero attached hydrogens (tertiary/aromatic N) is 1. The summed E-state index contributed by atoms with van der Waals surface area (Å²) in [6.07, 6.45) is -3.88. The minimum absolute atomic E-state index is 0.0433. The van der Waals surface area contributed by atoms with E-state index in [1.165, 1.54) is 6.07 Å². The molecule has 22 heavy (non-hydrogen) atoms. The lowest BCUT2D eigenvalue weighted by Gasteiger charge is -2.20. The highest BCUT2D eigenvalue weighted by atomic mass is 19.4. The van der Waals surface area contributed by atoms with Crippen molar-refractivity contribution in [3.63, 3.8) is 0 Å². The number of nitrogens with one attached hydrogen (secondary N) is 2. The molecule has 1 aliphatic rings. The zero-order chi connectivity index (χ0) is 15.9. The van der Waals surface area contributed by atoms with Gasteiger partial charge in [0.05, 0.1) is 17.0 Å². The molecular formula is C15H15F4N3. The normalized spacial score (nSPS) is 16.4. The minimum Gasteiger partial charge on any atom is -0.311 e. The van der Waals surface area contributed by atoms with Crippen LogP contribution in [-0.2, 0) is 19.1 Å². The van der Waals surface area contributed by atoms with Crippen molar-refractivity contribution in [2.24, 2.45) is 0 Å². The molecule has 3 nitrogen and oxygen atoms in total. The lowest BCUT2D eigenvalue weighted by Crippen LogP contribution is -2.24. The highest BCUT2D eigenvalue weighted by Gasteiger charge is 2.36. The van der Waals surface area contributed by atoms with E-state index in [-0.39, 0.29) is 5.56 Å². The van der Waals surface area contributed by atoms with Crippen LogP contribution in [0.25, 0.3) is 0 Å². The molecule has 0 amide bonds. The number of alkyl halides is 3. The van der Waals surface area contributed by atoms with E-state index in [0.29, 0.717) is 24.7 Å². The van der Waals surface area contributed by atoms with Crippen molar-refractivity contribution in [2.45, 2.75) is 32.0 Å². The van der Waals surface area contributed by atoms with Crippen molar-refractivity contribution in [3.05, 3.63) is 52.1 Å². The average Bonchev–Trinajstić information content (AvgIpc) is 2.89. The van der Waals surface area contributed by atoms with Gasteiger partial charge in [-0.3, -0.25) is 5.10 Å². The maximum absolute atomic E-state index is 13.2. The number of aromatic nitrogens is 2. The quantitative estimate of drug-likeness (QED) is 0.835. The summed E-state index contributed by atoms with van der Waals surface area (Å²) in [5.74, 6) is -1.45. The van der Waals surface area contributed by atoms with E-state index in [9.17, 15) is 17.6 Å². The van der Waals surface area contributed by atoms with Crippen LogP contribution >= 0.6 is 0 Å². The maximum atomic E-state index is 13.2. The van der Waals surface area contributed by atoms with E-state index in [2.05, 4.69) is 15.5 Å². The Morgan fingerprint density at radius 1 is 1.27 bits per heavy atom. The predicted molar refractivity (Wildman–Crippen MR) is 72.9 cm³/mol. The van der Waals surface area contributed by atoms with Gasteiger partial charge in [0, 0.05) is 12.5 Å². The van der Waals surface area contributed by atoms with Gasteiger partial charge in [0.1, 0.15) is 5.82 Å². The first kappa shape index (κ1) is 15.0. The van der Waals surface area contributed by atoms with E-state index in [1.807, 2.05) is 0 Å². The maximum Gasteiger partial charge on any atom is 0.416 e. The molecule has 2 N–H and O–H groups in total. The summed E-state index contributed by atoms with van der Waals surface area (Å²) >= 11 is 0. The third-order valence-corrected chi connectivity index (χ3v) is 4.04. The van der Waals surface area contributed by atoms with E-state index in [1.54, 1.807) is 6.92 Å². The van der Waals surface area contributed by atoms with Crippen molar-refractivity contribution in [3.8, 4) is 0 Å². The molecule has 1 unspecified atom stereocenters. The van der Waals surface area contributed by atoms with E-state index >= 15 is 0 Å². The van der Waals surface area contributed by atoms with Gasteiger partial charge in [-0.15, -0.1) is 0 Å². The Morgan fingerprint density at radius 3 is 2.77 bits per heavy atom. The number of fused-ring (bicyclic) bond motifs is 1. The SMILES string of the molecule is CC(c1ccc(F)cc1C(F)(F)F)c1n[nH]c2c1CCNC2. The molecule has 0 spiro atoms. The fourth-order valence-corrected chi connectivity index (χ4v) is 2.93. The number of hydrogen-bond acceptors (Lipinski definition) is 2. The Bertz CT molecular complexity index is 691. The van der Waals surface area contributed by atoms with Gasteiger partial charge in [-0.2, -0.15) is 18.3 Å². The third kappa shape index (κ3) is 2.61. The van der Waals surface area contributed by atoms with Crippen LogP contribution in [0, 0.1) is 5.82 Å². The Hall–Kier alpha value is -1.89. The van der Waals surface area contributed by atoms with Crippen molar-refractivity contribution >= 4 is 0 Å². The second-order valence-corrected chi connectivity index (χ2v) is 5.44. The highest BCUT2D eigenvalue weighted by molar-refractivity contribution is 5.41. The Balaban J connectivity index is 2.06. The topological polar surface area (TPSA) is 40.7 Å². The number of benzene rings is 1. The Morgan fingerprint density at radius 2 is 2.05 bits per heavy atom. The van der Waals surface area contributed by atoms with Gasteiger partial charge in [0.2, 0.25) is 0 Å². The number of rotatable bonds is 2. The van der Waals surface area contributed by atoms with Crippen LogP contribution in [0.15, 0.2) is 18.2 Å². The number of H-pyrrole nitrogens is 1. The molecule has 1 aliphatic heterocycles. The first-order valence-electron chi connectivity index (χ1n) is 7.01. The lowest BCUT2D eigenvalue weighted by atomic mass is 9.89. The van der Waals surface area contributed by atoms with Gasteiger partial charge >= 0.3 is 6.18 Å². The standard InChI is InChI=1S/C15H15F4N3/c1-8(14-11-4-5-20-7-13(11)21-22-14)10-3-2-9(16)6-12(10)15(17,18)19/h2-3,6,8,20H,4-5,7H2,1H3,(H,21,22). The predicted octanol–water partition coefficient (Wildman–Crippen LogP) is 3.37. The van der Waals surface area contributed by atoms with Crippen LogP contribution in [0.5, 0.6) is 0 Å². The Labute approximate surface area is 124 Å². The van der Waals surface area contributed by atoms with Crippen LogP contribution in [0.2, 0.25) is 0 Å². The molecule has 1 aromatic carbocycles. The summed E-state index contributed by atoms with van der Waals surface area (Å²) in [6, 6.07) is 2.80. The van der Waals surface area contributed by atoms with Crippen molar-refractivity contribution in [1.29, 1.82) is 0 Å². The van der Waals surface area contributed by atoms with Gasteiger partial charge in [-0.05, 0) is 36.2 Å². The van der Waals surface area contributed by atoms with Gasteiger partial charge < -0.3 is 5.32 Å². The molecule has 2 aromatic rings. The first-order valence-corrected chi connectivity index (χ1v) is 7.01. The zero-order valence-electron chi connectivity index (χ0n) is 11.9. The molecule has 1 aromatic heterocycles. The molecule has 0 radical (unpaired) electrons. The molecule has 0 bridgehead atoms. The molecule has 0 fully saturated rings. The van der Waals surface area contributed by atoms with E-state index in [0.717, 1.165) is 23.9 Å². The van der Waals surface area contributed by atoms with Crippen molar-refractivity contribution < 1.29 is 17.6 Å². The summed E-state index contributed by atoms with van der Waals surface area (Å²) < 4.78 is 52.7. The molecular weight excluding hydrogens is 298 g/mol. The van der Waals surface area contributed by atoms with Gasteiger partial charge in [0.25, 0.3) is 0 Å². The van der Waals surface area contributed by atoms with Crippen molar-refractivity contribution in [1.82, 2.24) is 15.5 Å². The largest absolute Gasteiger partial charge is 0.416 e. The molecule has 3 rings (SSSR count). The fraction of sp³-hybridized carbons (Fsp3) is 0.400. The molecule has 7 heteroatoms. The van der Waals surface area contributed by atoms with Crippen LogP contribution in [-0.4, -0.2) is 16.7 Å². The van der Waals surface area contributed by atoms with E-state index in [4.69, 9.17) is 0 Å². The average molecular weight is 313 g/mol.